The molecule has 0 aliphatic carbocycles. The van der Waals surface area contributed by atoms with Gasteiger partial charge in [-0.25, -0.2) is 17.2 Å². The third-order valence-corrected chi connectivity index (χ3v) is 8.66. The lowest BCUT2D eigenvalue weighted by Gasteiger charge is -2.38. The van der Waals surface area contributed by atoms with Crippen molar-refractivity contribution >= 4 is 21.5 Å². The molecule has 0 bridgehead atoms. The predicted octanol–water partition coefficient (Wildman–Crippen LogP) is 2.28. The Labute approximate surface area is 169 Å². The first-order valence-electron chi connectivity index (χ1n) is 9.54. The van der Waals surface area contributed by atoms with Crippen LogP contribution in [0.4, 0.5) is 8.78 Å². The molecule has 2 aliphatic rings. The Bertz CT molecular complexity index is 969. The van der Waals surface area contributed by atoms with Crippen molar-refractivity contribution in [1.82, 2.24) is 0 Å². The van der Waals surface area contributed by atoms with Gasteiger partial charge in [-0.05, 0) is 51.3 Å². The van der Waals surface area contributed by atoms with E-state index in [4.69, 9.17) is 10.5 Å². The number of nitrogens with zero attached hydrogens (tertiary/aromatic N) is 1. The number of sulfone groups is 1. The Hall–Kier alpha value is -1.87. The highest BCUT2D eigenvalue weighted by molar-refractivity contribution is 7.93. The van der Waals surface area contributed by atoms with Crippen LogP contribution in [0.1, 0.15) is 44.7 Å². The summed E-state index contributed by atoms with van der Waals surface area (Å²) in [6, 6.07) is 2.31. The van der Waals surface area contributed by atoms with Crippen LogP contribution in [0.2, 0.25) is 0 Å². The molecule has 9 heteroatoms. The summed E-state index contributed by atoms with van der Waals surface area (Å²) in [5.41, 5.74) is 4.38. The third-order valence-electron chi connectivity index (χ3n) is 5.96. The van der Waals surface area contributed by atoms with E-state index in [1.54, 1.807) is 0 Å². The molecule has 0 aromatic heterocycles. The smallest absolute Gasteiger partial charge is 0.165 e. The van der Waals surface area contributed by atoms with Gasteiger partial charge in [0, 0.05) is 31.1 Å². The summed E-state index contributed by atoms with van der Waals surface area (Å²) in [5, 5.41) is 0. The first-order valence-corrected chi connectivity index (χ1v) is 11.2. The topological polar surface area (TPSA) is 98.8 Å². The molecule has 1 fully saturated rings. The number of aliphatic imine (C=N–C) groups is 1. The first kappa shape index (κ1) is 21.8. The minimum absolute atomic E-state index is 0.0671. The number of nitrogens with two attached hydrogens (primary N) is 1. The van der Waals surface area contributed by atoms with Crippen LogP contribution in [0.3, 0.4) is 0 Å². The van der Waals surface area contributed by atoms with Crippen LogP contribution in [0, 0.1) is 17.6 Å². The zero-order chi connectivity index (χ0) is 21.6. The standard InChI is InChI=1S/C20H26F2N2O4S/c1-19(2)18(23)24-20(3,11-29(19,26)27)14-8-12(9-15(21)17(14)22)10-16(25)13-4-6-28-7-5-13/h8-9,13H,4-7,10-11H2,1-3H3,(H2,23,24)/t20-/m0/s1. The maximum absolute atomic E-state index is 14.7. The van der Waals surface area contributed by atoms with Crippen molar-refractivity contribution in [3.05, 3.63) is 34.9 Å². The van der Waals surface area contributed by atoms with Gasteiger partial charge < -0.3 is 10.5 Å². The largest absolute Gasteiger partial charge is 0.386 e. The van der Waals surface area contributed by atoms with Gasteiger partial charge >= 0.3 is 0 Å². The Morgan fingerprint density at radius 2 is 1.86 bits per heavy atom. The van der Waals surface area contributed by atoms with Crippen LogP contribution >= 0.6 is 0 Å². The van der Waals surface area contributed by atoms with Crippen molar-refractivity contribution < 1.29 is 26.7 Å². The van der Waals surface area contributed by atoms with E-state index in [1.165, 1.54) is 26.8 Å². The molecule has 1 aromatic rings. The Kier molecular flexibility index (Phi) is 5.59. The molecule has 1 atom stereocenters. The highest BCUT2D eigenvalue weighted by Crippen LogP contribution is 2.38. The highest BCUT2D eigenvalue weighted by Gasteiger charge is 2.49. The van der Waals surface area contributed by atoms with E-state index < -0.39 is 37.5 Å². The van der Waals surface area contributed by atoms with E-state index in [9.17, 15) is 22.0 Å². The van der Waals surface area contributed by atoms with E-state index in [0.717, 1.165) is 6.07 Å². The van der Waals surface area contributed by atoms with Crippen molar-refractivity contribution in [2.24, 2.45) is 16.6 Å². The van der Waals surface area contributed by atoms with Crippen molar-refractivity contribution in [1.29, 1.82) is 0 Å². The molecular weight excluding hydrogens is 402 g/mol. The lowest BCUT2D eigenvalue weighted by molar-refractivity contribution is -0.125. The van der Waals surface area contributed by atoms with Crippen LogP contribution in [-0.2, 0) is 31.3 Å². The molecule has 2 aliphatic heterocycles. The van der Waals surface area contributed by atoms with Gasteiger partial charge in [0.05, 0.1) is 5.75 Å². The average molecular weight is 429 g/mol. The Balaban J connectivity index is 2.00. The van der Waals surface area contributed by atoms with Crippen LogP contribution < -0.4 is 5.73 Å². The monoisotopic (exact) mass is 428 g/mol. The normalized spacial score (nSPS) is 26.7. The average Bonchev–Trinajstić information content (AvgIpc) is 2.63. The molecule has 2 N–H and O–H groups in total. The number of benzene rings is 1. The van der Waals surface area contributed by atoms with Gasteiger partial charge in [-0.2, -0.15) is 0 Å². The molecule has 0 saturated carbocycles. The number of amidine groups is 1. The van der Waals surface area contributed by atoms with Gasteiger partial charge in [0.1, 0.15) is 21.9 Å². The summed E-state index contributed by atoms with van der Waals surface area (Å²) in [4.78, 5) is 16.8. The van der Waals surface area contributed by atoms with Gasteiger partial charge in [0.15, 0.2) is 21.5 Å². The molecule has 1 saturated heterocycles. The third kappa shape index (κ3) is 3.94. The second-order valence-corrected chi connectivity index (χ2v) is 11.0. The van der Waals surface area contributed by atoms with E-state index in [-0.39, 0.29) is 35.1 Å². The van der Waals surface area contributed by atoms with Gasteiger partial charge in [0.25, 0.3) is 0 Å². The van der Waals surface area contributed by atoms with Gasteiger partial charge in [0.2, 0.25) is 0 Å². The van der Waals surface area contributed by atoms with E-state index in [2.05, 4.69) is 4.99 Å². The summed E-state index contributed by atoms with van der Waals surface area (Å²) in [5.74, 6) is -3.25. The van der Waals surface area contributed by atoms with Gasteiger partial charge in [-0.1, -0.05) is 0 Å². The number of halogens is 2. The fourth-order valence-electron chi connectivity index (χ4n) is 3.78. The maximum atomic E-state index is 14.7. The zero-order valence-electron chi connectivity index (χ0n) is 16.8. The molecule has 0 unspecified atom stereocenters. The molecule has 3 rings (SSSR count). The summed E-state index contributed by atoms with van der Waals surface area (Å²) >= 11 is 0. The number of ether oxygens (including phenoxy) is 1. The number of Topliss-reactive ketones (excluding diaryl/α,β-unsaturated/α-hetero) is 1. The van der Waals surface area contributed by atoms with Crippen LogP contribution in [0.15, 0.2) is 17.1 Å². The van der Waals surface area contributed by atoms with Crippen LogP contribution in [0.5, 0.6) is 0 Å². The number of hydrogen-bond acceptors (Lipinski definition) is 6. The van der Waals surface area contributed by atoms with Crippen molar-refractivity contribution in [3.8, 4) is 0 Å². The molecule has 160 valence electrons. The molecule has 0 amide bonds. The summed E-state index contributed by atoms with van der Waals surface area (Å²) in [7, 11) is -3.77. The highest BCUT2D eigenvalue weighted by atomic mass is 32.2. The minimum Gasteiger partial charge on any atom is -0.386 e. The number of rotatable bonds is 4. The molecule has 1 aromatic carbocycles. The van der Waals surface area contributed by atoms with Gasteiger partial charge in [-0.15, -0.1) is 0 Å². The molecule has 6 nitrogen and oxygen atoms in total. The van der Waals surface area contributed by atoms with Crippen molar-refractivity contribution in [3.63, 3.8) is 0 Å². The SMILES string of the molecule is CC1(C)C(N)=N[C@](C)(c2cc(CC(=O)C3CCOCC3)cc(F)c2F)CS1(=O)=O. The van der Waals surface area contributed by atoms with Gasteiger partial charge in [-0.3, -0.25) is 9.79 Å². The fourth-order valence-corrected chi connectivity index (χ4v) is 5.47. The number of carbonyl (C=O) groups is 1. The molecule has 29 heavy (non-hydrogen) atoms. The lowest BCUT2D eigenvalue weighted by Crippen LogP contribution is -2.55. The number of carbonyl (C=O) groups excluding carboxylic acids is 1. The number of hydrogen-bond donors (Lipinski definition) is 1. The zero-order valence-corrected chi connectivity index (χ0v) is 17.6. The van der Waals surface area contributed by atoms with Crippen LogP contribution in [-0.4, -0.2) is 43.8 Å². The maximum Gasteiger partial charge on any atom is 0.165 e. The molecule has 0 spiro atoms. The number of ketones is 1. The first-order chi connectivity index (χ1) is 13.4. The van der Waals surface area contributed by atoms with E-state index in [1.807, 2.05) is 0 Å². The Morgan fingerprint density at radius 3 is 2.45 bits per heavy atom. The van der Waals surface area contributed by atoms with E-state index >= 15 is 0 Å². The van der Waals surface area contributed by atoms with Crippen molar-refractivity contribution in [2.75, 3.05) is 19.0 Å². The Morgan fingerprint density at radius 1 is 1.24 bits per heavy atom. The predicted molar refractivity (Wildman–Crippen MR) is 105 cm³/mol. The second kappa shape index (κ2) is 7.43. The summed E-state index contributed by atoms with van der Waals surface area (Å²) in [6.07, 6.45) is 1.13. The van der Waals surface area contributed by atoms with E-state index in [0.29, 0.717) is 26.1 Å². The molecule has 2 heterocycles. The van der Waals surface area contributed by atoms with Crippen molar-refractivity contribution in [2.45, 2.75) is 50.3 Å². The summed E-state index contributed by atoms with van der Waals surface area (Å²) < 4.78 is 58.4. The molecular formula is C20H26F2N2O4S. The van der Waals surface area contributed by atoms with Crippen LogP contribution in [0.25, 0.3) is 0 Å². The minimum atomic E-state index is -3.77. The summed E-state index contributed by atoms with van der Waals surface area (Å²) in [6.45, 7) is 5.27. The lowest BCUT2D eigenvalue weighted by atomic mass is 9.88. The second-order valence-electron chi connectivity index (χ2n) is 8.51. The molecule has 0 radical (unpaired) electrons. The quantitative estimate of drug-likeness (QED) is 0.793. The fraction of sp³-hybridized carbons (Fsp3) is 0.600.